The van der Waals surface area contributed by atoms with E-state index in [9.17, 15) is 0 Å². The van der Waals surface area contributed by atoms with Gasteiger partial charge in [-0.05, 0) is 5.92 Å². The van der Waals surface area contributed by atoms with Gasteiger partial charge in [0.2, 0.25) is 0 Å². The zero-order valence-corrected chi connectivity index (χ0v) is 10.4. The van der Waals surface area contributed by atoms with Crippen LogP contribution in [0, 0.1) is 5.92 Å². The van der Waals surface area contributed by atoms with Crippen molar-refractivity contribution in [3.8, 4) is 0 Å². The minimum atomic E-state index is -3.37. The van der Waals surface area contributed by atoms with Crippen molar-refractivity contribution in [2.45, 2.75) is 59.3 Å². The van der Waals surface area contributed by atoms with Crippen LogP contribution in [0.4, 0.5) is 0 Å². The second-order valence-corrected chi connectivity index (χ2v) is 4.06. The first-order valence-corrected chi connectivity index (χ1v) is 6.45. The fourth-order valence-corrected chi connectivity index (χ4v) is 1.25. The van der Waals surface area contributed by atoms with Gasteiger partial charge >= 0.3 is 0 Å². The second-order valence-electron chi connectivity index (χ2n) is 3.61. The van der Waals surface area contributed by atoms with Crippen LogP contribution in [0.3, 0.4) is 0 Å². The van der Waals surface area contributed by atoms with E-state index in [1.807, 2.05) is 0 Å². The van der Waals surface area contributed by atoms with Crippen molar-refractivity contribution in [3.05, 3.63) is 0 Å². The van der Waals surface area contributed by atoms with Crippen LogP contribution in [0.1, 0.15) is 59.3 Å². The SMILES string of the molecule is CCCCC(C)CCCC.O=[P+]([O-])[O-]. The van der Waals surface area contributed by atoms with Gasteiger partial charge in [0.25, 0.3) is 8.25 Å². The zero-order valence-electron chi connectivity index (χ0n) is 9.49. The summed E-state index contributed by atoms with van der Waals surface area (Å²) in [5, 5.41) is 0. The van der Waals surface area contributed by atoms with Crippen LogP contribution in [-0.4, -0.2) is 0 Å². The summed E-state index contributed by atoms with van der Waals surface area (Å²) >= 11 is 0. The minimum Gasteiger partial charge on any atom is -0.598 e. The lowest BCUT2D eigenvalue weighted by Gasteiger charge is -2.08. The predicted octanol–water partition coefficient (Wildman–Crippen LogP) is 2.37. The maximum absolute atomic E-state index is 8.48. The maximum atomic E-state index is 8.48. The van der Waals surface area contributed by atoms with Crippen molar-refractivity contribution < 1.29 is 14.4 Å². The first kappa shape index (κ1) is 16.4. The van der Waals surface area contributed by atoms with Crippen molar-refractivity contribution in [2.75, 3.05) is 0 Å². The van der Waals surface area contributed by atoms with Crippen molar-refractivity contribution in [3.63, 3.8) is 0 Å². The Balaban J connectivity index is 0. The Hall–Kier alpha value is 0.0200. The van der Waals surface area contributed by atoms with Gasteiger partial charge in [-0.3, -0.25) is 0 Å². The lowest BCUT2D eigenvalue weighted by Crippen LogP contribution is -1.97. The molecule has 0 spiro atoms. The second kappa shape index (κ2) is 13.0. The molecule has 0 aliphatic rings. The van der Waals surface area contributed by atoms with E-state index in [0.717, 1.165) is 5.92 Å². The molecule has 0 saturated carbocycles. The Morgan fingerprint density at radius 3 is 1.57 bits per heavy atom. The summed E-state index contributed by atoms with van der Waals surface area (Å²) in [6.45, 7) is 6.92. The van der Waals surface area contributed by atoms with Gasteiger partial charge in [0.15, 0.2) is 0 Å². The summed E-state index contributed by atoms with van der Waals surface area (Å²) in [6.07, 6.45) is 8.44. The lowest BCUT2D eigenvalue weighted by molar-refractivity contribution is -0.297. The summed E-state index contributed by atoms with van der Waals surface area (Å²) < 4.78 is 8.48. The van der Waals surface area contributed by atoms with Gasteiger partial charge in [0.05, 0.1) is 0 Å². The van der Waals surface area contributed by atoms with Gasteiger partial charge < -0.3 is 9.79 Å². The molecule has 4 heteroatoms. The Bertz CT molecular complexity index is 117. The first-order valence-electron chi connectivity index (χ1n) is 5.36. The van der Waals surface area contributed by atoms with Gasteiger partial charge in [-0.2, -0.15) is 0 Å². The normalized spacial score (nSPS) is 9.57. The van der Waals surface area contributed by atoms with E-state index in [1.54, 1.807) is 0 Å². The maximum Gasteiger partial charge on any atom is 0.276 e. The highest BCUT2D eigenvalue weighted by atomic mass is 31.1. The van der Waals surface area contributed by atoms with Crippen LogP contribution in [0.2, 0.25) is 0 Å². The van der Waals surface area contributed by atoms with E-state index in [-0.39, 0.29) is 0 Å². The molecule has 0 aliphatic heterocycles. The topological polar surface area (TPSA) is 63.2 Å². The van der Waals surface area contributed by atoms with Gasteiger partial charge in [-0.25, -0.2) is 0 Å². The molecule has 0 unspecified atom stereocenters. The molecule has 0 amide bonds. The van der Waals surface area contributed by atoms with E-state index >= 15 is 0 Å². The highest BCUT2D eigenvalue weighted by Gasteiger charge is 1.98. The van der Waals surface area contributed by atoms with E-state index in [1.165, 1.54) is 38.5 Å². The molecule has 0 aromatic rings. The Morgan fingerprint density at radius 2 is 1.36 bits per heavy atom. The standard InChI is InChI=1S/C10H22.HO3P/c1-4-6-8-10(3)9-7-5-2;1-4(2)3/h10H,4-9H2,1-3H3;(H,1,2,3)/p-1. The van der Waals surface area contributed by atoms with E-state index in [0.29, 0.717) is 0 Å². The average Bonchev–Trinajstić information content (AvgIpc) is 2.10. The first-order chi connectivity index (χ1) is 6.54. The average molecular weight is 221 g/mol. The van der Waals surface area contributed by atoms with Crippen LogP contribution in [-0.2, 0) is 4.57 Å². The predicted molar refractivity (Wildman–Crippen MR) is 55.8 cm³/mol. The summed E-state index contributed by atoms with van der Waals surface area (Å²) in [4.78, 5) is 17.0. The van der Waals surface area contributed by atoms with E-state index in [4.69, 9.17) is 14.4 Å². The van der Waals surface area contributed by atoms with Gasteiger partial charge in [-0.15, -0.1) is 0 Å². The van der Waals surface area contributed by atoms with Crippen LogP contribution in [0.25, 0.3) is 0 Å². The fraction of sp³-hybridized carbons (Fsp3) is 1.00. The van der Waals surface area contributed by atoms with Crippen LogP contribution < -0.4 is 9.79 Å². The summed E-state index contributed by atoms with van der Waals surface area (Å²) in [5.41, 5.74) is 0. The van der Waals surface area contributed by atoms with Gasteiger partial charge in [0, 0.05) is 0 Å². The molecule has 0 radical (unpaired) electrons. The minimum absolute atomic E-state index is 0.972. The van der Waals surface area contributed by atoms with Crippen molar-refractivity contribution in [1.29, 1.82) is 0 Å². The van der Waals surface area contributed by atoms with Crippen molar-refractivity contribution in [1.82, 2.24) is 0 Å². The van der Waals surface area contributed by atoms with Crippen molar-refractivity contribution in [2.24, 2.45) is 5.92 Å². The smallest absolute Gasteiger partial charge is 0.276 e. The summed E-state index contributed by atoms with van der Waals surface area (Å²) in [5.74, 6) is 0.972. The molecule has 14 heavy (non-hydrogen) atoms. The van der Waals surface area contributed by atoms with E-state index < -0.39 is 8.25 Å². The van der Waals surface area contributed by atoms with Crippen LogP contribution in [0.15, 0.2) is 0 Å². The third kappa shape index (κ3) is 22.7. The van der Waals surface area contributed by atoms with E-state index in [2.05, 4.69) is 20.8 Å². The molecule has 0 aromatic heterocycles. The van der Waals surface area contributed by atoms with Crippen LogP contribution >= 0.6 is 8.25 Å². The fourth-order valence-electron chi connectivity index (χ4n) is 1.25. The Morgan fingerprint density at radius 1 is 1.07 bits per heavy atom. The number of rotatable bonds is 6. The summed E-state index contributed by atoms with van der Waals surface area (Å²) in [6, 6.07) is 0. The third-order valence-electron chi connectivity index (χ3n) is 2.10. The highest BCUT2D eigenvalue weighted by molar-refractivity contribution is 7.27. The molecular weight excluding hydrogens is 199 g/mol. The van der Waals surface area contributed by atoms with Gasteiger partial charge in [0.1, 0.15) is 0 Å². The van der Waals surface area contributed by atoms with Crippen LogP contribution in [0.5, 0.6) is 0 Å². The number of hydrogen-bond donors (Lipinski definition) is 0. The molecule has 0 atom stereocenters. The Kier molecular flexibility index (Phi) is 15.3. The largest absolute Gasteiger partial charge is 0.598 e. The molecule has 0 saturated heterocycles. The molecule has 3 nitrogen and oxygen atoms in total. The quantitative estimate of drug-likeness (QED) is 0.647. The van der Waals surface area contributed by atoms with Gasteiger partial charge in [-0.1, -0.05) is 63.9 Å². The zero-order chi connectivity index (χ0) is 11.4. The third-order valence-corrected chi connectivity index (χ3v) is 2.10. The lowest BCUT2D eigenvalue weighted by atomic mass is 9.98. The molecule has 0 aromatic carbocycles. The number of unbranched alkanes of at least 4 members (excludes halogenated alkanes) is 2. The number of hydrogen-bond acceptors (Lipinski definition) is 3. The molecule has 0 N–H and O–H groups in total. The highest BCUT2D eigenvalue weighted by Crippen LogP contribution is 2.14. The molecule has 0 heterocycles. The molecule has 86 valence electrons. The molecule has 0 bridgehead atoms. The van der Waals surface area contributed by atoms with Crippen molar-refractivity contribution >= 4 is 8.25 Å². The monoisotopic (exact) mass is 221 g/mol. The molecular formula is C10H22O3P-. The Labute approximate surface area is 88.5 Å². The molecule has 0 rings (SSSR count). The molecule has 0 fully saturated rings. The molecule has 0 aliphatic carbocycles. The summed E-state index contributed by atoms with van der Waals surface area (Å²) in [7, 11) is -3.37.